The number of hydrogen-bond donors (Lipinski definition) is 3. The van der Waals surface area contributed by atoms with E-state index in [4.69, 9.17) is 0 Å². The van der Waals surface area contributed by atoms with Crippen LogP contribution in [0.1, 0.15) is 16.7 Å². The highest BCUT2D eigenvalue weighted by molar-refractivity contribution is 6.02. The van der Waals surface area contributed by atoms with Crippen molar-refractivity contribution >= 4 is 17.7 Å². The summed E-state index contributed by atoms with van der Waals surface area (Å²) >= 11 is 0. The Morgan fingerprint density at radius 3 is 3.04 bits per heavy atom. The molecule has 0 spiro atoms. The van der Waals surface area contributed by atoms with Crippen LogP contribution in [0.3, 0.4) is 0 Å². The molecule has 6 nitrogen and oxygen atoms in total. The van der Waals surface area contributed by atoms with Gasteiger partial charge in [-0.3, -0.25) is 14.9 Å². The van der Waals surface area contributed by atoms with E-state index in [1.54, 1.807) is 24.7 Å². The van der Waals surface area contributed by atoms with Gasteiger partial charge in [0.2, 0.25) is 5.91 Å². The lowest BCUT2D eigenvalue weighted by Crippen LogP contribution is -2.23. The normalized spacial score (nSPS) is 13.5. The Hall–Kier alpha value is -3.25. The second kappa shape index (κ2) is 7.33. The van der Waals surface area contributed by atoms with Crippen LogP contribution in [0.2, 0.25) is 0 Å². The average Bonchev–Trinajstić information content (AvgIpc) is 3.21. The first-order valence-corrected chi connectivity index (χ1v) is 8.54. The van der Waals surface area contributed by atoms with E-state index in [9.17, 15) is 4.79 Å². The molecule has 0 atom stereocenters. The molecule has 3 aromatic rings. The van der Waals surface area contributed by atoms with Crippen LogP contribution >= 0.6 is 0 Å². The molecule has 0 unspecified atom stereocenters. The molecule has 0 bridgehead atoms. The van der Waals surface area contributed by atoms with E-state index in [-0.39, 0.29) is 5.91 Å². The maximum Gasteiger partial charge on any atom is 0.248 e. The maximum absolute atomic E-state index is 12.3. The Kier molecular flexibility index (Phi) is 4.57. The highest BCUT2D eigenvalue weighted by Crippen LogP contribution is 2.23. The lowest BCUT2D eigenvalue weighted by molar-refractivity contribution is -0.111. The van der Waals surface area contributed by atoms with Gasteiger partial charge in [0.15, 0.2) is 0 Å². The number of anilines is 1. The highest BCUT2D eigenvalue weighted by Gasteiger charge is 2.09. The Morgan fingerprint density at radius 2 is 2.15 bits per heavy atom. The minimum Gasteiger partial charge on any atom is -0.323 e. The van der Waals surface area contributed by atoms with Gasteiger partial charge in [0.05, 0.1) is 6.20 Å². The number of pyridine rings is 1. The third kappa shape index (κ3) is 3.55. The van der Waals surface area contributed by atoms with Gasteiger partial charge in [-0.05, 0) is 53.9 Å². The predicted molar refractivity (Wildman–Crippen MR) is 101 cm³/mol. The molecule has 1 aliphatic heterocycles. The first-order chi connectivity index (χ1) is 12.8. The fourth-order valence-corrected chi connectivity index (χ4v) is 3.11. The van der Waals surface area contributed by atoms with Crippen LogP contribution in [0.4, 0.5) is 5.69 Å². The molecule has 26 heavy (non-hydrogen) atoms. The molecule has 0 saturated heterocycles. The maximum atomic E-state index is 12.3. The van der Waals surface area contributed by atoms with Crippen molar-refractivity contribution in [3.8, 4) is 11.1 Å². The molecular formula is C20H19N5O. The summed E-state index contributed by atoms with van der Waals surface area (Å²) in [6.07, 6.45) is 11.3. The van der Waals surface area contributed by atoms with E-state index in [0.717, 1.165) is 41.9 Å². The summed E-state index contributed by atoms with van der Waals surface area (Å²) in [6, 6.07) is 7.98. The number of H-pyrrole nitrogens is 1. The Labute approximate surface area is 151 Å². The standard InChI is InChI=1S/C20H19N5O/c26-20(25-18-3-1-14-5-7-21-11-16(14)9-18)4-2-15-10-22-8-6-19(15)17-12-23-24-13-17/h1-4,6,8-10,12-13,21H,5,7,11H2,(H,23,24)(H,25,26)/b4-2+. The molecule has 0 fully saturated rings. The molecule has 4 rings (SSSR count). The van der Waals surface area contributed by atoms with Gasteiger partial charge >= 0.3 is 0 Å². The molecule has 2 aromatic heterocycles. The van der Waals surface area contributed by atoms with Gasteiger partial charge in [0.1, 0.15) is 0 Å². The van der Waals surface area contributed by atoms with Gasteiger partial charge in [-0.15, -0.1) is 0 Å². The largest absolute Gasteiger partial charge is 0.323 e. The highest BCUT2D eigenvalue weighted by atomic mass is 16.1. The topological polar surface area (TPSA) is 82.7 Å². The summed E-state index contributed by atoms with van der Waals surface area (Å²) < 4.78 is 0. The minimum atomic E-state index is -0.171. The van der Waals surface area contributed by atoms with Crippen molar-refractivity contribution in [1.29, 1.82) is 0 Å². The summed E-state index contributed by atoms with van der Waals surface area (Å²) in [6.45, 7) is 1.85. The van der Waals surface area contributed by atoms with Crippen LogP contribution in [0, 0.1) is 0 Å². The molecule has 3 heterocycles. The van der Waals surface area contributed by atoms with E-state index in [1.807, 2.05) is 24.4 Å². The summed E-state index contributed by atoms with van der Waals surface area (Å²) in [7, 11) is 0. The molecule has 1 aromatic carbocycles. The predicted octanol–water partition coefficient (Wildman–Crippen LogP) is 2.77. The molecular weight excluding hydrogens is 326 g/mol. The number of benzene rings is 1. The van der Waals surface area contributed by atoms with Crippen molar-refractivity contribution in [2.75, 3.05) is 11.9 Å². The van der Waals surface area contributed by atoms with Crippen LogP contribution in [0.25, 0.3) is 17.2 Å². The van der Waals surface area contributed by atoms with Gasteiger partial charge < -0.3 is 10.6 Å². The Bertz CT molecular complexity index is 947. The Morgan fingerprint density at radius 1 is 1.19 bits per heavy atom. The molecule has 0 aliphatic carbocycles. The number of carbonyl (C=O) groups is 1. The number of fused-ring (bicyclic) bond motifs is 1. The van der Waals surface area contributed by atoms with E-state index >= 15 is 0 Å². The van der Waals surface area contributed by atoms with Crippen LogP contribution in [-0.2, 0) is 17.8 Å². The molecule has 3 N–H and O–H groups in total. The molecule has 0 radical (unpaired) electrons. The lowest BCUT2D eigenvalue weighted by atomic mass is 10.0. The molecule has 130 valence electrons. The summed E-state index contributed by atoms with van der Waals surface area (Å²) in [5.41, 5.74) is 6.18. The fraction of sp³-hybridized carbons (Fsp3) is 0.150. The van der Waals surface area contributed by atoms with Crippen molar-refractivity contribution in [3.05, 3.63) is 71.8 Å². The van der Waals surface area contributed by atoms with Gasteiger partial charge in [-0.2, -0.15) is 5.10 Å². The number of carbonyl (C=O) groups excluding carboxylic acids is 1. The smallest absolute Gasteiger partial charge is 0.248 e. The van der Waals surface area contributed by atoms with Crippen LogP contribution < -0.4 is 10.6 Å². The first kappa shape index (κ1) is 16.2. The molecule has 6 heteroatoms. The SMILES string of the molecule is O=C(/C=C/c1cnccc1-c1cn[nH]c1)Nc1ccc2c(c1)CNCC2. The van der Waals surface area contributed by atoms with Gasteiger partial charge in [0, 0.05) is 48.0 Å². The van der Waals surface area contributed by atoms with Crippen LogP contribution in [0.15, 0.2) is 55.1 Å². The van der Waals surface area contributed by atoms with Crippen molar-refractivity contribution in [2.45, 2.75) is 13.0 Å². The average molecular weight is 345 g/mol. The molecule has 0 saturated carbocycles. The fourth-order valence-electron chi connectivity index (χ4n) is 3.11. The first-order valence-electron chi connectivity index (χ1n) is 8.54. The summed E-state index contributed by atoms with van der Waals surface area (Å²) in [5.74, 6) is -0.171. The minimum absolute atomic E-state index is 0.171. The number of aromatic nitrogens is 3. The zero-order chi connectivity index (χ0) is 17.8. The van der Waals surface area contributed by atoms with Gasteiger partial charge in [-0.1, -0.05) is 6.07 Å². The third-order valence-electron chi connectivity index (χ3n) is 4.44. The van der Waals surface area contributed by atoms with Crippen LogP contribution in [0.5, 0.6) is 0 Å². The third-order valence-corrected chi connectivity index (χ3v) is 4.44. The van der Waals surface area contributed by atoms with E-state index in [1.165, 1.54) is 17.2 Å². The van der Waals surface area contributed by atoms with Crippen LogP contribution in [-0.4, -0.2) is 27.6 Å². The Balaban J connectivity index is 1.49. The second-order valence-electron chi connectivity index (χ2n) is 6.18. The number of nitrogens with zero attached hydrogens (tertiary/aromatic N) is 2. The second-order valence-corrected chi connectivity index (χ2v) is 6.18. The van der Waals surface area contributed by atoms with Crippen molar-refractivity contribution in [3.63, 3.8) is 0 Å². The number of rotatable bonds is 4. The summed E-state index contributed by atoms with van der Waals surface area (Å²) in [4.78, 5) is 16.4. The van der Waals surface area contributed by atoms with Crippen molar-refractivity contribution in [2.24, 2.45) is 0 Å². The van der Waals surface area contributed by atoms with Gasteiger partial charge in [0.25, 0.3) is 0 Å². The van der Waals surface area contributed by atoms with E-state index in [2.05, 4.69) is 31.9 Å². The zero-order valence-corrected chi connectivity index (χ0v) is 14.2. The van der Waals surface area contributed by atoms with E-state index in [0.29, 0.717) is 0 Å². The number of hydrogen-bond acceptors (Lipinski definition) is 4. The number of aromatic amines is 1. The van der Waals surface area contributed by atoms with E-state index < -0.39 is 0 Å². The lowest BCUT2D eigenvalue weighted by Gasteiger charge is -2.17. The number of nitrogens with one attached hydrogen (secondary N) is 3. The monoisotopic (exact) mass is 345 g/mol. The zero-order valence-electron chi connectivity index (χ0n) is 14.2. The quantitative estimate of drug-likeness (QED) is 0.635. The van der Waals surface area contributed by atoms with Crippen molar-refractivity contribution < 1.29 is 4.79 Å². The molecule has 1 amide bonds. The number of amides is 1. The molecule has 1 aliphatic rings. The van der Waals surface area contributed by atoms with Crippen molar-refractivity contribution in [1.82, 2.24) is 20.5 Å². The summed E-state index contributed by atoms with van der Waals surface area (Å²) in [5, 5.41) is 13.0. The van der Waals surface area contributed by atoms with Gasteiger partial charge in [-0.25, -0.2) is 0 Å².